The summed E-state index contributed by atoms with van der Waals surface area (Å²) in [6.07, 6.45) is -0.173. The molecule has 1 saturated carbocycles. The van der Waals surface area contributed by atoms with Gasteiger partial charge in [-0.05, 0) is 58.7 Å². The molecule has 0 radical (unpaired) electrons. The lowest BCUT2D eigenvalue weighted by Gasteiger charge is -2.27. The fraction of sp³-hybridized carbons (Fsp3) is 0.611. The normalized spacial score (nSPS) is 22.7. The molecule has 4 atom stereocenters. The number of halogens is 1. The molecule has 1 aliphatic carbocycles. The fourth-order valence-electron chi connectivity index (χ4n) is 2.80. The smallest absolute Gasteiger partial charge is 0.506 e. The Morgan fingerprint density at radius 1 is 1.38 bits per heavy atom. The van der Waals surface area contributed by atoms with Gasteiger partial charge >= 0.3 is 6.16 Å². The van der Waals surface area contributed by atoms with Gasteiger partial charge in [0.1, 0.15) is 28.5 Å². The SMILES string of the molecule is C[C@@H](N[S+]([O-])C(C)(C)C)c1cc(F)ccc1O[C@H]1CC[C@@H](OC(=O)O)C1. The van der Waals surface area contributed by atoms with Crippen molar-refractivity contribution in [2.45, 2.75) is 70.0 Å². The van der Waals surface area contributed by atoms with E-state index in [-0.39, 0.29) is 18.2 Å². The van der Waals surface area contributed by atoms with Crippen LogP contribution in [0.5, 0.6) is 5.75 Å². The molecule has 1 unspecified atom stereocenters. The van der Waals surface area contributed by atoms with Crippen LogP contribution in [0.2, 0.25) is 0 Å². The van der Waals surface area contributed by atoms with Crippen molar-refractivity contribution in [3.8, 4) is 5.75 Å². The third kappa shape index (κ3) is 5.75. The van der Waals surface area contributed by atoms with Crippen molar-refractivity contribution in [2.24, 2.45) is 0 Å². The van der Waals surface area contributed by atoms with Gasteiger partial charge in [-0.3, -0.25) is 0 Å². The van der Waals surface area contributed by atoms with Crippen LogP contribution in [0, 0.1) is 5.82 Å². The minimum Gasteiger partial charge on any atom is -0.598 e. The fourth-order valence-corrected chi connectivity index (χ4v) is 3.60. The number of hydrogen-bond acceptors (Lipinski definition) is 5. The molecular weight excluding hydrogens is 361 g/mol. The van der Waals surface area contributed by atoms with Crippen molar-refractivity contribution < 1.29 is 28.3 Å². The van der Waals surface area contributed by atoms with Crippen molar-refractivity contribution in [1.82, 2.24) is 4.72 Å². The highest BCUT2D eigenvalue weighted by atomic mass is 32.2. The van der Waals surface area contributed by atoms with Crippen LogP contribution in [-0.4, -0.2) is 32.8 Å². The number of nitrogens with one attached hydrogen (secondary N) is 1. The van der Waals surface area contributed by atoms with Crippen LogP contribution in [0.15, 0.2) is 18.2 Å². The first-order valence-electron chi connectivity index (χ1n) is 8.60. The number of carboxylic acid groups (broad SMARTS) is 1. The molecule has 2 N–H and O–H groups in total. The molecule has 1 fully saturated rings. The topological polar surface area (TPSA) is 90.9 Å². The molecule has 146 valence electrons. The Labute approximate surface area is 156 Å². The Bertz CT molecular complexity index is 636. The maximum Gasteiger partial charge on any atom is 0.506 e. The second-order valence-corrected chi connectivity index (χ2v) is 9.46. The number of rotatable bonds is 6. The van der Waals surface area contributed by atoms with Gasteiger partial charge in [-0.1, -0.05) is 0 Å². The van der Waals surface area contributed by atoms with Crippen LogP contribution in [0.3, 0.4) is 0 Å². The summed E-state index contributed by atoms with van der Waals surface area (Å²) in [5, 5.41) is 8.71. The molecule has 0 saturated heterocycles. The minimum atomic E-state index is -1.31. The second kappa shape index (κ2) is 8.45. The van der Waals surface area contributed by atoms with E-state index in [0.29, 0.717) is 30.6 Å². The standard InChI is InChI=1S/C18H26FNO5S/c1-11(20-26(23)18(2,3)4)15-9-12(19)5-8-16(15)24-13-6-7-14(10-13)25-17(21)22/h5,8-9,11,13-14,20H,6-7,10H2,1-4H3,(H,21,22)/t11-,13+,14-,26?/m1/s1. The van der Waals surface area contributed by atoms with E-state index >= 15 is 0 Å². The average molecular weight is 387 g/mol. The maximum absolute atomic E-state index is 13.8. The van der Waals surface area contributed by atoms with Crippen molar-refractivity contribution in [3.05, 3.63) is 29.6 Å². The van der Waals surface area contributed by atoms with E-state index in [1.54, 1.807) is 13.0 Å². The van der Waals surface area contributed by atoms with Crippen molar-refractivity contribution in [2.75, 3.05) is 0 Å². The summed E-state index contributed by atoms with van der Waals surface area (Å²) in [4.78, 5) is 10.6. The molecule has 1 aromatic carbocycles. The van der Waals surface area contributed by atoms with Gasteiger partial charge in [-0.25, -0.2) is 9.18 Å². The maximum atomic E-state index is 13.8. The van der Waals surface area contributed by atoms with Gasteiger partial charge in [0, 0.05) is 23.3 Å². The number of carbonyl (C=O) groups is 1. The molecule has 0 heterocycles. The zero-order valence-corrected chi connectivity index (χ0v) is 16.3. The van der Waals surface area contributed by atoms with Gasteiger partial charge in [0.2, 0.25) is 0 Å². The van der Waals surface area contributed by atoms with Gasteiger partial charge in [-0.15, -0.1) is 4.72 Å². The molecule has 6 nitrogen and oxygen atoms in total. The lowest BCUT2D eigenvalue weighted by molar-refractivity contribution is 0.0497. The largest absolute Gasteiger partial charge is 0.598 e. The van der Waals surface area contributed by atoms with E-state index in [0.717, 1.165) is 0 Å². The highest BCUT2D eigenvalue weighted by Gasteiger charge is 2.32. The number of hydrogen-bond donors (Lipinski definition) is 2. The lowest BCUT2D eigenvalue weighted by atomic mass is 10.1. The first kappa shape index (κ1) is 20.8. The Morgan fingerprint density at radius 2 is 2.04 bits per heavy atom. The van der Waals surface area contributed by atoms with Gasteiger partial charge in [0.15, 0.2) is 0 Å². The van der Waals surface area contributed by atoms with E-state index in [9.17, 15) is 13.7 Å². The molecular formula is C18H26FNO5S. The summed E-state index contributed by atoms with van der Waals surface area (Å²) in [6, 6.07) is 3.85. The zero-order chi connectivity index (χ0) is 19.5. The molecule has 0 bridgehead atoms. The average Bonchev–Trinajstić information content (AvgIpc) is 2.94. The molecule has 26 heavy (non-hydrogen) atoms. The van der Waals surface area contributed by atoms with Crippen LogP contribution >= 0.6 is 0 Å². The summed E-state index contributed by atoms with van der Waals surface area (Å²) in [6.45, 7) is 7.36. The summed E-state index contributed by atoms with van der Waals surface area (Å²) in [5.74, 6) is 0.0966. The Morgan fingerprint density at radius 3 is 2.65 bits per heavy atom. The van der Waals surface area contributed by atoms with E-state index in [1.807, 2.05) is 20.8 Å². The predicted octanol–water partition coefficient (Wildman–Crippen LogP) is 3.93. The number of ether oxygens (including phenoxy) is 2. The van der Waals surface area contributed by atoms with E-state index in [2.05, 4.69) is 4.72 Å². The molecule has 1 aliphatic rings. The van der Waals surface area contributed by atoms with Crippen LogP contribution < -0.4 is 9.46 Å². The third-order valence-corrected chi connectivity index (χ3v) is 5.86. The van der Waals surface area contributed by atoms with Crippen LogP contribution in [-0.2, 0) is 16.1 Å². The molecule has 0 aromatic heterocycles. The minimum absolute atomic E-state index is 0.205. The highest BCUT2D eigenvalue weighted by molar-refractivity contribution is 7.90. The highest BCUT2D eigenvalue weighted by Crippen LogP contribution is 2.32. The molecule has 8 heteroatoms. The van der Waals surface area contributed by atoms with Gasteiger partial charge in [0.25, 0.3) is 0 Å². The second-order valence-electron chi connectivity index (χ2n) is 7.46. The summed E-state index contributed by atoms with van der Waals surface area (Å²) in [7, 11) is 0. The molecule has 1 aromatic rings. The Hall–Kier alpha value is -1.51. The molecule has 2 rings (SSSR count). The van der Waals surface area contributed by atoms with Crippen molar-refractivity contribution in [1.29, 1.82) is 0 Å². The van der Waals surface area contributed by atoms with Crippen molar-refractivity contribution >= 4 is 17.5 Å². The van der Waals surface area contributed by atoms with Gasteiger partial charge < -0.3 is 19.1 Å². The van der Waals surface area contributed by atoms with E-state index in [1.165, 1.54) is 12.1 Å². The quantitative estimate of drug-likeness (QED) is 0.568. The van der Waals surface area contributed by atoms with Crippen LogP contribution in [0.25, 0.3) is 0 Å². The zero-order valence-electron chi connectivity index (χ0n) is 15.5. The Balaban J connectivity index is 2.09. The van der Waals surface area contributed by atoms with Crippen molar-refractivity contribution in [3.63, 3.8) is 0 Å². The van der Waals surface area contributed by atoms with Crippen LogP contribution in [0.1, 0.15) is 58.6 Å². The lowest BCUT2D eigenvalue weighted by Crippen LogP contribution is -2.40. The van der Waals surface area contributed by atoms with Crippen LogP contribution in [0.4, 0.5) is 9.18 Å². The molecule has 0 spiro atoms. The molecule has 0 aliphatic heterocycles. The monoisotopic (exact) mass is 387 g/mol. The summed E-state index contributed by atoms with van der Waals surface area (Å²) < 4.78 is 39.4. The van der Waals surface area contributed by atoms with Gasteiger partial charge in [-0.2, -0.15) is 0 Å². The first-order chi connectivity index (χ1) is 12.1. The van der Waals surface area contributed by atoms with E-state index in [4.69, 9.17) is 14.6 Å². The summed E-state index contributed by atoms with van der Waals surface area (Å²) in [5.41, 5.74) is 0.574. The Kier molecular flexibility index (Phi) is 6.76. The number of benzene rings is 1. The van der Waals surface area contributed by atoms with E-state index < -0.39 is 28.1 Å². The molecule has 0 amide bonds. The first-order valence-corrected chi connectivity index (χ1v) is 9.75. The van der Waals surface area contributed by atoms with Gasteiger partial charge in [0.05, 0.1) is 6.04 Å². The third-order valence-electron chi connectivity index (χ3n) is 4.18. The predicted molar refractivity (Wildman–Crippen MR) is 97.0 cm³/mol. The summed E-state index contributed by atoms with van der Waals surface area (Å²) >= 11 is -1.31.